The summed E-state index contributed by atoms with van der Waals surface area (Å²) in [7, 11) is 1.27. The number of thiazole rings is 1. The van der Waals surface area contributed by atoms with Gasteiger partial charge in [-0.3, -0.25) is 4.79 Å². The molecule has 0 unspecified atom stereocenters. The third-order valence-electron chi connectivity index (χ3n) is 4.22. The van der Waals surface area contributed by atoms with Crippen molar-refractivity contribution in [1.82, 2.24) is 4.98 Å². The molecule has 0 saturated heterocycles. The topological polar surface area (TPSA) is 74.7 Å². The summed E-state index contributed by atoms with van der Waals surface area (Å²) in [5, 5.41) is 1.95. The first-order valence-corrected chi connectivity index (χ1v) is 11.2. The molecule has 0 saturated carbocycles. The van der Waals surface area contributed by atoms with Crippen molar-refractivity contribution < 1.29 is 32.6 Å². The van der Waals surface area contributed by atoms with Crippen LogP contribution in [0.5, 0.6) is 11.5 Å². The summed E-state index contributed by atoms with van der Waals surface area (Å²) in [5.74, 6) is -0.838. The monoisotopic (exact) mass is 479 g/mol. The highest BCUT2D eigenvalue weighted by Gasteiger charge is 2.18. The van der Waals surface area contributed by atoms with Gasteiger partial charge < -0.3 is 14.2 Å². The molecule has 1 heterocycles. The smallest absolute Gasteiger partial charge is 0.387 e. The summed E-state index contributed by atoms with van der Waals surface area (Å²) in [4.78, 5) is 29.4. The largest absolute Gasteiger partial charge is 0.493 e. The normalized spacial score (nSPS) is 10.8. The van der Waals surface area contributed by atoms with Gasteiger partial charge in [-0.05, 0) is 36.8 Å². The molecule has 1 aromatic heterocycles. The molecule has 3 aromatic rings. The summed E-state index contributed by atoms with van der Waals surface area (Å²) in [6, 6.07) is 10.7. The van der Waals surface area contributed by atoms with Gasteiger partial charge in [0.15, 0.2) is 23.9 Å². The number of Topliss-reactive ketones (excluding diaryl/α,β-unsaturated/α-hetero) is 1. The summed E-state index contributed by atoms with van der Waals surface area (Å²) < 4.78 is 40.3. The Morgan fingerprint density at radius 1 is 1.16 bits per heavy atom. The third kappa shape index (κ3) is 6.27. The predicted octanol–water partition coefficient (Wildman–Crippen LogP) is 5.39. The molecule has 0 bridgehead atoms. The van der Waals surface area contributed by atoms with E-state index in [1.54, 1.807) is 12.1 Å². The van der Waals surface area contributed by atoms with Gasteiger partial charge in [0.2, 0.25) is 0 Å². The molecule has 0 aliphatic rings. The fraction of sp³-hybridized carbons (Fsp3) is 0.227. The molecule has 6 nitrogen and oxygen atoms in total. The average Bonchev–Trinajstić information content (AvgIpc) is 3.21. The van der Waals surface area contributed by atoms with E-state index in [9.17, 15) is 18.4 Å². The second kappa shape index (κ2) is 11.1. The zero-order valence-corrected chi connectivity index (χ0v) is 18.8. The van der Waals surface area contributed by atoms with E-state index in [4.69, 9.17) is 9.47 Å². The van der Waals surface area contributed by atoms with Gasteiger partial charge in [0.05, 0.1) is 12.7 Å². The van der Waals surface area contributed by atoms with E-state index in [0.717, 1.165) is 15.6 Å². The number of halogens is 2. The minimum atomic E-state index is -3.02. The van der Waals surface area contributed by atoms with Gasteiger partial charge in [0.25, 0.3) is 0 Å². The SMILES string of the molecule is COc1cc(C(=O)COC(=O)c2ccccc2CSc2nc(C)cs2)ccc1OC(F)F. The summed E-state index contributed by atoms with van der Waals surface area (Å²) in [6.07, 6.45) is 0. The van der Waals surface area contributed by atoms with Gasteiger partial charge in [-0.1, -0.05) is 30.0 Å². The number of thioether (sulfide) groups is 1. The lowest BCUT2D eigenvalue weighted by Gasteiger charge is -2.11. The van der Waals surface area contributed by atoms with Crippen LogP contribution in [-0.4, -0.2) is 37.1 Å². The first-order chi connectivity index (χ1) is 15.4. The van der Waals surface area contributed by atoms with Gasteiger partial charge in [-0.25, -0.2) is 9.78 Å². The highest BCUT2D eigenvalue weighted by Crippen LogP contribution is 2.30. The maximum atomic E-state index is 12.6. The molecule has 2 aromatic carbocycles. The van der Waals surface area contributed by atoms with E-state index in [1.165, 1.54) is 48.4 Å². The third-order valence-corrected chi connectivity index (χ3v) is 6.41. The summed E-state index contributed by atoms with van der Waals surface area (Å²) in [5.41, 5.74) is 2.20. The Balaban J connectivity index is 1.63. The first kappa shape index (κ1) is 23.7. The Labute approximate surface area is 191 Å². The lowest BCUT2D eigenvalue weighted by Crippen LogP contribution is -2.15. The van der Waals surface area contributed by atoms with Crippen LogP contribution >= 0.6 is 23.1 Å². The van der Waals surface area contributed by atoms with Gasteiger partial charge in [-0.15, -0.1) is 11.3 Å². The van der Waals surface area contributed by atoms with Crippen LogP contribution in [0.2, 0.25) is 0 Å². The first-order valence-electron chi connectivity index (χ1n) is 9.33. The van der Waals surface area contributed by atoms with Crippen LogP contribution in [0, 0.1) is 6.92 Å². The minimum absolute atomic E-state index is 0.0257. The molecule has 168 valence electrons. The number of hydrogen-bond acceptors (Lipinski definition) is 8. The summed E-state index contributed by atoms with van der Waals surface area (Å²) >= 11 is 3.04. The van der Waals surface area contributed by atoms with Crippen LogP contribution in [0.1, 0.15) is 32.0 Å². The number of rotatable bonds is 10. The van der Waals surface area contributed by atoms with Crippen LogP contribution < -0.4 is 9.47 Å². The van der Waals surface area contributed by atoms with E-state index in [1.807, 2.05) is 24.4 Å². The Morgan fingerprint density at radius 2 is 1.94 bits per heavy atom. The lowest BCUT2D eigenvalue weighted by molar-refractivity contribution is -0.0512. The Kier molecular flexibility index (Phi) is 8.18. The van der Waals surface area contributed by atoms with E-state index in [-0.39, 0.29) is 17.1 Å². The number of nitrogens with zero attached hydrogens (tertiary/aromatic N) is 1. The van der Waals surface area contributed by atoms with E-state index in [2.05, 4.69) is 9.72 Å². The van der Waals surface area contributed by atoms with Gasteiger partial charge in [0, 0.05) is 22.4 Å². The predicted molar refractivity (Wildman–Crippen MR) is 117 cm³/mol. The number of ketones is 1. The molecular formula is C22H19F2NO5S2. The van der Waals surface area contributed by atoms with Crippen LogP contribution in [0.3, 0.4) is 0 Å². The highest BCUT2D eigenvalue weighted by molar-refractivity contribution is 8.00. The van der Waals surface area contributed by atoms with Crippen molar-refractivity contribution in [2.45, 2.75) is 23.6 Å². The molecule has 10 heteroatoms. The van der Waals surface area contributed by atoms with Crippen molar-refractivity contribution in [2.24, 2.45) is 0 Å². The van der Waals surface area contributed by atoms with E-state index >= 15 is 0 Å². The molecule has 0 fully saturated rings. The van der Waals surface area contributed by atoms with Crippen molar-refractivity contribution in [3.05, 3.63) is 70.2 Å². The second-order valence-electron chi connectivity index (χ2n) is 6.44. The number of aromatic nitrogens is 1. The van der Waals surface area contributed by atoms with Crippen LogP contribution in [-0.2, 0) is 10.5 Å². The number of hydrogen-bond donors (Lipinski definition) is 0. The number of benzene rings is 2. The van der Waals surface area contributed by atoms with Crippen LogP contribution in [0.25, 0.3) is 0 Å². The highest BCUT2D eigenvalue weighted by atomic mass is 32.2. The Morgan fingerprint density at radius 3 is 2.62 bits per heavy atom. The van der Waals surface area contributed by atoms with Crippen molar-refractivity contribution >= 4 is 34.9 Å². The average molecular weight is 480 g/mol. The Hall–Kier alpha value is -2.98. The minimum Gasteiger partial charge on any atom is -0.493 e. The lowest BCUT2D eigenvalue weighted by atomic mass is 10.1. The van der Waals surface area contributed by atoms with E-state index < -0.39 is 25.0 Å². The molecule has 32 heavy (non-hydrogen) atoms. The number of methoxy groups -OCH3 is 1. The van der Waals surface area contributed by atoms with E-state index in [0.29, 0.717) is 11.3 Å². The van der Waals surface area contributed by atoms with Crippen LogP contribution in [0.15, 0.2) is 52.2 Å². The van der Waals surface area contributed by atoms with Crippen molar-refractivity contribution in [2.75, 3.05) is 13.7 Å². The number of carbonyl (C=O) groups excluding carboxylic acids is 2. The van der Waals surface area contributed by atoms with Crippen molar-refractivity contribution in [1.29, 1.82) is 0 Å². The van der Waals surface area contributed by atoms with Gasteiger partial charge in [0.1, 0.15) is 4.34 Å². The molecular weight excluding hydrogens is 460 g/mol. The number of esters is 1. The fourth-order valence-electron chi connectivity index (χ4n) is 2.71. The maximum Gasteiger partial charge on any atom is 0.387 e. The molecule has 0 aliphatic carbocycles. The number of alkyl halides is 2. The zero-order valence-electron chi connectivity index (χ0n) is 17.2. The standard InChI is InChI=1S/C22H19F2NO5S2/c1-13-11-31-22(25-13)32-12-15-5-3-4-6-16(15)20(27)29-10-17(26)14-7-8-18(30-21(23)24)19(9-14)28-2/h3-9,11,21H,10,12H2,1-2H3. The number of carbonyl (C=O) groups is 2. The molecule has 0 aliphatic heterocycles. The summed E-state index contributed by atoms with van der Waals surface area (Å²) in [6.45, 7) is -1.62. The molecule has 0 spiro atoms. The second-order valence-corrected chi connectivity index (χ2v) is 8.52. The van der Waals surface area contributed by atoms with Gasteiger partial charge >= 0.3 is 12.6 Å². The van der Waals surface area contributed by atoms with Crippen molar-refractivity contribution in [3.63, 3.8) is 0 Å². The maximum absolute atomic E-state index is 12.6. The number of aryl methyl sites for hydroxylation is 1. The molecule has 0 radical (unpaired) electrons. The fourth-order valence-corrected chi connectivity index (χ4v) is 4.56. The quantitative estimate of drug-likeness (QED) is 0.219. The Bertz CT molecular complexity index is 1100. The van der Waals surface area contributed by atoms with Crippen LogP contribution in [0.4, 0.5) is 8.78 Å². The van der Waals surface area contributed by atoms with Crippen molar-refractivity contribution in [3.8, 4) is 11.5 Å². The zero-order chi connectivity index (χ0) is 23.1. The molecule has 0 amide bonds. The molecule has 0 N–H and O–H groups in total. The molecule has 3 rings (SSSR count). The molecule has 0 atom stereocenters. The number of ether oxygens (including phenoxy) is 3. The van der Waals surface area contributed by atoms with Gasteiger partial charge in [-0.2, -0.15) is 8.78 Å².